The van der Waals surface area contributed by atoms with Gasteiger partial charge >= 0.3 is 0 Å². The van der Waals surface area contributed by atoms with Crippen molar-refractivity contribution in [3.8, 4) is 0 Å². The van der Waals surface area contributed by atoms with Crippen molar-refractivity contribution < 1.29 is 4.79 Å². The maximum atomic E-state index is 11.5. The summed E-state index contributed by atoms with van der Waals surface area (Å²) < 4.78 is 0. The number of likely N-dealkylation sites (tertiary alicyclic amines) is 1. The van der Waals surface area contributed by atoms with Gasteiger partial charge in [0.1, 0.15) is 0 Å². The number of amides is 1. The summed E-state index contributed by atoms with van der Waals surface area (Å²) >= 11 is 0. The lowest BCUT2D eigenvalue weighted by Crippen LogP contribution is -2.49. The normalized spacial score (nSPS) is 24.2. The number of carbonyl (C=O) groups excluding carboxylic acids is 1. The molecule has 0 bridgehead atoms. The van der Waals surface area contributed by atoms with Crippen molar-refractivity contribution in [2.24, 2.45) is 5.73 Å². The summed E-state index contributed by atoms with van der Waals surface area (Å²) in [7, 11) is 4.02. The van der Waals surface area contributed by atoms with Crippen LogP contribution in [0.1, 0.15) is 12.8 Å². The Morgan fingerprint density at radius 1 is 1.62 bits per heavy atom. The van der Waals surface area contributed by atoms with E-state index in [1.54, 1.807) is 0 Å². The van der Waals surface area contributed by atoms with Crippen LogP contribution < -0.4 is 5.73 Å². The molecule has 0 radical (unpaired) electrons. The van der Waals surface area contributed by atoms with Gasteiger partial charge in [0.25, 0.3) is 0 Å². The highest BCUT2D eigenvalue weighted by Crippen LogP contribution is 2.09. The zero-order valence-electron chi connectivity index (χ0n) is 8.49. The van der Waals surface area contributed by atoms with Crippen LogP contribution in [0.3, 0.4) is 0 Å². The van der Waals surface area contributed by atoms with Crippen molar-refractivity contribution in [1.82, 2.24) is 9.80 Å². The Morgan fingerprint density at radius 2 is 2.31 bits per heavy atom. The molecule has 0 aromatic rings. The molecule has 0 aliphatic carbocycles. The summed E-state index contributed by atoms with van der Waals surface area (Å²) in [6, 6.07) is -0.254. The topological polar surface area (TPSA) is 49.6 Å². The first kappa shape index (κ1) is 10.5. The molecule has 1 atom stereocenters. The molecule has 76 valence electrons. The van der Waals surface area contributed by atoms with Crippen molar-refractivity contribution >= 4 is 5.91 Å². The van der Waals surface area contributed by atoms with Crippen molar-refractivity contribution in [3.05, 3.63) is 0 Å². The van der Waals surface area contributed by atoms with E-state index in [-0.39, 0.29) is 11.9 Å². The molecule has 1 fully saturated rings. The van der Waals surface area contributed by atoms with E-state index in [2.05, 4.69) is 4.90 Å². The van der Waals surface area contributed by atoms with Crippen LogP contribution in [-0.4, -0.2) is 55.5 Å². The second-order valence-corrected chi connectivity index (χ2v) is 3.88. The lowest BCUT2D eigenvalue weighted by atomic mass is 10.1. The average molecular weight is 185 g/mol. The minimum absolute atomic E-state index is 0.119. The third-order valence-corrected chi connectivity index (χ3v) is 2.39. The molecule has 1 aliphatic heterocycles. The lowest BCUT2D eigenvalue weighted by molar-refractivity contribution is -0.135. The van der Waals surface area contributed by atoms with Gasteiger partial charge in [-0.2, -0.15) is 0 Å². The predicted molar refractivity (Wildman–Crippen MR) is 52.3 cm³/mol. The van der Waals surface area contributed by atoms with Crippen LogP contribution in [0.25, 0.3) is 0 Å². The number of hydrogen-bond acceptors (Lipinski definition) is 3. The first-order valence-corrected chi connectivity index (χ1v) is 4.80. The van der Waals surface area contributed by atoms with E-state index in [0.29, 0.717) is 0 Å². The van der Waals surface area contributed by atoms with E-state index >= 15 is 0 Å². The fourth-order valence-corrected chi connectivity index (χ4v) is 1.51. The van der Waals surface area contributed by atoms with Gasteiger partial charge in [-0.15, -0.1) is 0 Å². The maximum absolute atomic E-state index is 11.5. The number of hydrogen-bond donors (Lipinski definition) is 1. The summed E-state index contributed by atoms with van der Waals surface area (Å²) in [5.41, 5.74) is 5.67. The van der Waals surface area contributed by atoms with Gasteiger partial charge in [-0.3, -0.25) is 4.79 Å². The molecule has 1 aliphatic rings. The van der Waals surface area contributed by atoms with Crippen LogP contribution in [0.15, 0.2) is 0 Å². The highest BCUT2D eigenvalue weighted by molar-refractivity contribution is 5.82. The molecule has 2 N–H and O–H groups in total. The zero-order valence-corrected chi connectivity index (χ0v) is 8.49. The third-order valence-electron chi connectivity index (χ3n) is 2.39. The first-order chi connectivity index (χ1) is 6.11. The fraction of sp³-hybridized carbons (Fsp3) is 0.889. The van der Waals surface area contributed by atoms with Gasteiger partial charge in [-0.05, 0) is 26.9 Å². The highest BCUT2D eigenvalue weighted by atomic mass is 16.2. The Labute approximate surface area is 79.7 Å². The molecule has 0 spiro atoms. The largest absolute Gasteiger partial charge is 0.340 e. The van der Waals surface area contributed by atoms with E-state index < -0.39 is 0 Å². The van der Waals surface area contributed by atoms with Gasteiger partial charge in [0.15, 0.2) is 0 Å². The van der Waals surface area contributed by atoms with Crippen molar-refractivity contribution in [1.29, 1.82) is 0 Å². The minimum Gasteiger partial charge on any atom is -0.340 e. The number of rotatable bonds is 3. The smallest absolute Gasteiger partial charge is 0.239 e. The van der Waals surface area contributed by atoms with Gasteiger partial charge in [0.2, 0.25) is 5.91 Å². The van der Waals surface area contributed by atoms with Crippen LogP contribution in [0.5, 0.6) is 0 Å². The Bertz CT molecular complexity index is 182. The lowest BCUT2D eigenvalue weighted by Gasteiger charge is -2.31. The number of piperidine rings is 1. The molecule has 0 saturated carbocycles. The van der Waals surface area contributed by atoms with Gasteiger partial charge in [0, 0.05) is 19.6 Å². The maximum Gasteiger partial charge on any atom is 0.239 e. The van der Waals surface area contributed by atoms with Gasteiger partial charge in [-0.1, -0.05) is 0 Å². The molecule has 13 heavy (non-hydrogen) atoms. The van der Waals surface area contributed by atoms with Crippen molar-refractivity contribution in [2.45, 2.75) is 18.9 Å². The van der Waals surface area contributed by atoms with Crippen LogP contribution in [0.2, 0.25) is 0 Å². The zero-order chi connectivity index (χ0) is 9.84. The predicted octanol–water partition coefficient (Wildman–Crippen LogP) is -0.502. The fourth-order valence-electron chi connectivity index (χ4n) is 1.51. The Hall–Kier alpha value is -0.610. The molecule has 4 nitrogen and oxygen atoms in total. The molecule has 0 aromatic heterocycles. The number of carbonyl (C=O) groups is 1. The number of likely N-dealkylation sites (N-methyl/N-ethyl adjacent to an activating group) is 1. The average Bonchev–Trinajstić information content (AvgIpc) is 2.07. The van der Waals surface area contributed by atoms with Crippen LogP contribution in [-0.2, 0) is 4.79 Å². The summed E-state index contributed by atoms with van der Waals surface area (Å²) in [6.45, 7) is 2.60. The molecule has 4 heteroatoms. The molecule has 1 unspecified atom stereocenters. The number of nitrogens with zero attached hydrogens (tertiary/aromatic N) is 2. The molecule has 0 aromatic carbocycles. The summed E-state index contributed by atoms with van der Waals surface area (Å²) in [6.07, 6.45) is 1.89. The van der Waals surface area contributed by atoms with Crippen LogP contribution >= 0.6 is 0 Å². The third kappa shape index (κ3) is 2.97. The quantitative estimate of drug-likeness (QED) is 0.645. The molecular formula is C9H19N3O. The van der Waals surface area contributed by atoms with Crippen LogP contribution in [0.4, 0.5) is 0 Å². The minimum atomic E-state index is -0.254. The molecule has 1 amide bonds. The summed E-state index contributed by atoms with van der Waals surface area (Å²) in [5.74, 6) is 0.119. The summed E-state index contributed by atoms with van der Waals surface area (Å²) in [4.78, 5) is 15.5. The van der Waals surface area contributed by atoms with Crippen molar-refractivity contribution in [3.63, 3.8) is 0 Å². The second kappa shape index (κ2) is 4.58. The molecule has 1 rings (SSSR count). The van der Waals surface area contributed by atoms with E-state index in [0.717, 1.165) is 32.5 Å². The van der Waals surface area contributed by atoms with E-state index in [1.807, 2.05) is 19.0 Å². The number of nitrogens with two attached hydrogens (primary N) is 1. The van der Waals surface area contributed by atoms with E-state index in [9.17, 15) is 4.79 Å². The Balaban J connectivity index is 2.35. The van der Waals surface area contributed by atoms with Crippen molar-refractivity contribution in [2.75, 3.05) is 33.7 Å². The highest BCUT2D eigenvalue weighted by Gasteiger charge is 2.24. The molecule has 1 saturated heterocycles. The Morgan fingerprint density at radius 3 is 2.92 bits per heavy atom. The first-order valence-electron chi connectivity index (χ1n) is 4.80. The molecule has 1 heterocycles. The van der Waals surface area contributed by atoms with E-state index in [1.165, 1.54) is 0 Å². The SMILES string of the molecule is CN(C)CCN1CCCC(N)C1=O. The van der Waals surface area contributed by atoms with Gasteiger partial charge < -0.3 is 15.5 Å². The van der Waals surface area contributed by atoms with Gasteiger partial charge in [0.05, 0.1) is 6.04 Å². The standard InChI is InChI=1S/C9H19N3O/c1-11(2)6-7-12-5-3-4-8(10)9(12)13/h8H,3-7,10H2,1-2H3. The van der Waals surface area contributed by atoms with E-state index in [4.69, 9.17) is 5.73 Å². The Kier molecular flexibility index (Phi) is 3.69. The second-order valence-electron chi connectivity index (χ2n) is 3.88. The van der Waals surface area contributed by atoms with Crippen LogP contribution in [0, 0.1) is 0 Å². The summed E-state index contributed by atoms with van der Waals surface area (Å²) in [5, 5.41) is 0. The monoisotopic (exact) mass is 185 g/mol. The molecular weight excluding hydrogens is 166 g/mol. The van der Waals surface area contributed by atoms with Gasteiger partial charge in [-0.25, -0.2) is 0 Å².